The molecular weight excluding hydrogens is 538 g/mol. The topological polar surface area (TPSA) is 96.0 Å². The molecule has 0 saturated heterocycles. The number of aryl methyl sites for hydroxylation is 1. The van der Waals surface area contributed by atoms with Gasteiger partial charge in [-0.15, -0.1) is 0 Å². The van der Waals surface area contributed by atoms with Crippen LogP contribution in [-0.2, 0) is 26.2 Å². The summed E-state index contributed by atoms with van der Waals surface area (Å²) in [5.74, 6) is -0.384. The first kappa shape index (κ1) is 30.0. The number of anilines is 1. The average molecular weight is 572 g/mol. The third-order valence-electron chi connectivity index (χ3n) is 6.09. The van der Waals surface area contributed by atoms with Crippen molar-refractivity contribution in [2.75, 3.05) is 18.0 Å². The van der Waals surface area contributed by atoms with Crippen LogP contribution in [-0.4, -0.2) is 50.9 Å². The van der Waals surface area contributed by atoms with Gasteiger partial charge in [0.05, 0.1) is 17.7 Å². The normalized spacial score (nSPS) is 12.1. The molecule has 1 N–H and O–H groups in total. The summed E-state index contributed by atoms with van der Waals surface area (Å²) in [6, 6.07) is 18.8. The number of carbonyl (C=O) groups is 2. The number of halogens is 1. The molecule has 0 aliphatic carbocycles. The Kier molecular flexibility index (Phi) is 9.99. The van der Waals surface area contributed by atoms with Gasteiger partial charge in [-0.1, -0.05) is 47.5 Å². The Morgan fingerprint density at radius 1 is 0.974 bits per heavy atom. The van der Waals surface area contributed by atoms with E-state index in [0.717, 1.165) is 15.4 Å². The van der Waals surface area contributed by atoms with Crippen molar-refractivity contribution in [3.63, 3.8) is 0 Å². The van der Waals surface area contributed by atoms with Crippen LogP contribution < -0.4 is 14.4 Å². The van der Waals surface area contributed by atoms with Crippen molar-refractivity contribution in [1.29, 1.82) is 0 Å². The number of nitrogens with zero attached hydrogens (tertiary/aromatic N) is 2. The summed E-state index contributed by atoms with van der Waals surface area (Å²) >= 11 is 6.20. The van der Waals surface area contributed by atoms with Gasteiger partial charge in [0.15, 0.2) is 0 Å². The van der Waals surface area contributed by atoms with Crippen molar-refractivity contribution < 1.29 is 22.7 Å². The third kappa shape index (κ3) is 7.74. The zero-order chi connectivity index (χ0) is 28.7. The van der Waals surface area contributed by atoms with Crippen LogP contribution in [0.2, 0.25) is 5.02 Å². The summed E-state index contributed by atoms with van der Waals surface area (Å²) in [5.41, 5.74) is 2.09. The van der Waals surface area contributed by atoms with E-state index in [2.05, 4.69) is 5.32 Å². The van der Waals surface area contributed by atoms with E-state index in [1.165, 1.54) is 42.3 Å². The van der Waals surface area contributed by atoms with Gasteiger partial charge in [0.2, 0.25) is 11.8 Å². The van der Waals surface area contributed by atoms with Crippen LogP contribution in [0.15, 0.2) is 77.7 Å². The molecule has 0 fully saturated rings. The molecule has 8 nitrogen and oxygen atoms in total. The number of rotatable bonds is 11. The summed E-state index contributed by atoms with van der Waals surface area (Å²) < 4.78 is 33.8. The molecule has 208 valence electrons. The van der Waals surface area contributed by atoms with Crippen LogP contribution in [0.1, 0.15) is 31.9 Å². The van der Waals surface area contributed by atoms with E-state index < -0.39 is 28.5 Å². The highest BCUT2D eigenvalue weighted by molar-refractivity contribution is 7.92. The van der Waals surface area contributed by atoms with E-state index in [-0.39, 0.29) is 29.1 Å². The molecule has 0 aromatic heterocycles. The second-order valence-electron chi connectivity index (χ2n) is 9.51. The fourth-order valence-corrected chi connectivity index (χ4v) is 5.50. The molecule has 39 heavy (non-hydrogen) atoms. The minimum atomic E-state index is -4.20. The van der Waals surface area contributed by atoms with Crippen LogP contribution in [0.3, 0.4) is 0 Å². The molecule has 1 atom stereocenters. The fraction of sp³-hybridized carbons (Fsp3) is 0.310. The van der Waals surface area contributed by atoms with Gasteiger partial charge in [-0.3, -0.25) is 13.9 Å². The van der Waals surface area contributed by atoms with Gasteiger partial charge in [0, 0.05) is 17.6 Å². The Labute approximate surface area is 235 Å². The molecule has 0 heterocycles. The number of hydrogen-bond donors (Lipinski definition) is 1. The first-order valence-electron chi connectivity index (χ1n) is 12.5. The first-order chi connectivity index (χ1) is 18.4. The molecule has 0 aliphatic rings. The van der Waals surface area contributed by atoms with E-state index in [1.807, 2.05) is 45.0 Å². The zero-order valence-corrected chi connectivity index (χ0v) is 24.3. The van der Waals surface area contributed by atoms with E-state index >= 15 is 0 Å². The van der Waals surface area contributed by atoms with Crippen molar-refractivity contribution in [3.8, 4) is 5.75 Å². The Morgan fingerprint density at radius 3 is 2.18 bits per heavy atom. The number of ether oxygens (including phenoxy) is 1. The van der Waals surface area contributed by atoms with Gasteiger partial charge in [-0.2, -0.15) is 0 Å². The number of benzene rings is 3. The zero-order valence-electron chi connectivity index (χ0n) is 22.7. The molecular formula is C29H34ClN3O5S. The van der Waals surface area contributed by atoms with E-state index in [4.69, 9.17) is 16.3 Å². The molecule has 3 aromatic rings. The Morgan fingerprint density at radius 2 is 1.62 bits per heavy atom. The van der Waals surface area contributed by atoms with Gasteiger partial charge in [0.25, 0.3) is 10.0 Å². The molecule has 0 spiro atoms. The molecule has 0 saturated carbocycles. The largest absolute Gasteiger partial charge is 0.497 e. The van der Waals surface area contributed by atoms with Crippen LogP contribution >= 0.6 is 11.6 Å². The van der Waals surface area contributed by atoms with Crippen molar-refractivity contribution in [2.45, 2.75) is 51.2 Å². The van der Waals surface area contributed by atoms with Crippen molar-refractivity contribution >= 4 is 39.1 Å². The summed E-state index contributed by atoms with van der Waals surface area (Å²) in [4.78, 5) is 28.2. The highest BCUT2D eigenvalue weighted by atomic mass is 35.5. The lowest BCUT2D eigenvalue weighted by atomic mass is 10.1. The highest BCUT2D eigenvalue weighted by Crippen LogP contribution is 2.28. The van der Waals surface area contributed by atoms with E-state index in [1.54, 1.807) is 25.1 Å². The summed E-state index contributed by atoms with van der Waals surface area (Å²) in [6.07, 6.45) is 0. The highest BCUT2D eigenvalue weighted by Gasteiger charge is 2.32. The van der Waals surface area contributed by atoms with Gasteiger partial charge < -0.3 is 15.0 Å². The number of amides is 2. The number of methoxy groups -OCH3 is 1. The second-order valence-corrected chi connectivity index (χ2v) is 11.8. The Balaban J connectivity index is 2.03. The number of sulfonamides is 1. The van der Waals surface area contributed by atoms with Gasteiger partial charge in [-0.05, 0) is 75.7 Å². The standard InChI is InChI=1S/C29H34ClN3O5S/c1-20(2)31-29(35)22(4)32(18-23-11-9-21(3)10-12-23)28(34)19-33(25-8-6-7-24(30)17-25)39(36,37)27-15-13-26(38-5)14-16-27/h6-17,20,22H,18-19H2,1-5H3,(H,31,35). The maximum Gasteiger partial charge on any atom is 0.264 e. The number of carbonyl (C=O) groups excluding carboxylic acids is 2. The minimum Gasteiger partial charge on any atom is -0.497 e. The number of nitrogens with one attached hydrogen (secondary N) is 1. The van der Waals surface area contributed by atoms with E-state index in [9.17, 15) is 18.0 Å². The average Bonchev–Trinajstić information content (AvgIpc) is 2.90. The number of hydrogen-bond acceptors (Lipinski definition) is 5. The lowest BCUT2D eigenvalue weighted by Crippen LogP contribution is -2.52. The van der Waals surface area contributed by atoms with Gasteiger partial charge in [0.1, 0.15) is 18.3 Å². The molecule has 0 radical (unpaired) electrons. The van der Waals surface area contributed by atoms with Crippen molar-refractivity contribution in [1.82, 2.24) is 10.2 Å². The van der Waals surface area contributed by atoms with E-state index in [0.29, 0.717) is 10.8 Å². The molecule has 0 bridgehead atoms. The Bertz CT molecular complexity index is 1390. The predicted molar refractivity (Wildman–Crippen MR) is 153 cm³/mol. The quantitative estimate of drug-likeness (QED) is 0.357. The predicted octanol–water partition coefficient (Wildman–Crippen LogP) is 4.79. The van der Waals surface area contributed by atoms with Crippen LogP contribution in [0.5, 0.6) is 5.75 Å². The second kappa shape index (κ2) is 13.0. The molecule has 3 aromatic carbocycles. The smallest absolute Gasteiger partial charge is 0.264 e. The first-order valence-corrected chi connectivity index (χ1v) is 14.3. The summed E-state index contributed by atoms with van der Waals surface area (Å²) in [5, 5.41) is 3.15. The van der Waals surface area contributed by atoms with Crippen LogP contribution in [0, 0.1) is 6.92 Å². The molecule has 10 heteroatoms. The minimum absolute atomic E-state index is 0.0215. The van der Waals surface area contributed by atoms with Crippen molar-refractivity contribution in [3.05, 3.63) is 88.9 Å². The van der Waals surface area contributed by atoms with Gasteiger partial charge in [-0.25, -0.2) is 8.42 Å². The summed E-state index contributed by atoms with van der Waals surface area (Å²) in [6.45, 7) is 6.83. The SMILES string of the molecule is COc1ccc(S(=O)(=O)N(CC(=O)N(Cc2ccc(C)cc2)C(C)C(=O)NC(C)C)c2cccc(Cl)c2)cc1. The molecule has 3 rings (SSSR count). The fourth-order valence-electron chi connectivity index (χ4n) is 3.91. The molecule has 2 amide bonds. The molecule has 0 aliphatic heterocycles. The third-order valence-corrected chi connectivity index (χ3v) is 8.12. The lowest BCUT2D eigenvalue weighted by Gasteiger charge is -2.32. The monoisotopic (exact) mass is 571 g/mol. The Hall–Kier alpha value is -3.56. The van der Waals surface area contributed by atoms with Crippen LogP contribution in [0.25, 0.3) is 0 Å². The van der Waals surface area contributed by atoms with Crippen LogP contribution in [0.4, 0.5) is 5.69 Å². The maximum absolute atomic E-state index is 13.9. The molecule has 1 unspecified atom stereocenters. The lowest BCUT2D eigenvalue weighted by molar-refractivity contribution is -0.139. The van der Waals surface area contributed by atoms with Crippen molar-refractivity contribution in [2.24, 2.45) is 0 Å². The maximum atomic E-state index is 13.9. The van der Waals surface area contributed by atoms with Gasteiger partial charge >= 0.3 is 0 Å². The summed E-state index contributed by atoms with van der Waals surface area (Å²) in [7, 11) is -2.71.